The molecule has 0 radical (unpaired) electrons. The van der Waals surface area contributed by atoms with Crippen molar-refractivity contribution in [2.24, 2.45) is 0 Å². The number of H-pyrrole nitrogens is 1. The van der Waals surface area contributed by atoms with Crippen LogP contribution in [0.15, 0.2) is 47.5 Å². The molecule has 1 fully saturated rings. The first-order chi connectivity index (χ1) is 14.5. The summed E-state index contributed by atoms with van der Waals surface area (Å²) in [5, 5.41) is 9.58. The van der Waals surface area contributed by atoms with Crippen LogP contribution in [0.4, 0.5) is 14.9 Å². The lowest BCUT2D eigenvalue weighted by Crippen LogP contribution is -2.45. The van der Waals surface area contributed by atoms with Crippen molar-refractivity contribution in [1.29, 1.82) is 0 Å². The van der Waals surface area contributed by atoms with E-state index in [0.29, 0.717) is 22.7 Å². The lowest BCUT2D eigenvalue weighted by molar-refractivity contribution is 0.177. The van der Waals surface area contributed by atoms with E-state index in [4.69, 9.17) is 11.6 Å². The molecule has 0 saturated carbocycles. The van der Waals surface area contributed by atoms with Crippen molar-refractivity contribution < 1.29 is 9.18 Å². The molecule has 4 heterocycles. The van der Waals surface area contributed by atoms with E-state index in [1.807, 2.05) is 0 Å². The number of aromatic nitrogens is 3. The Balaban J connectivity index is 1.42. The fourth-order valence-corrected chi connectivity index (χ4v) is 4.66. The van der Waals surface area contributed by atoms with E-state index in [1.165, 1.54) is 12.1 Å². The molecule has 1 saturated heterocycles. The summed E-state index contributed by atoms with van der Waals surface area (Å²) in [6.45, 7) is 0. The van der Waals surface area contributed by atoms with E-state index in [2.05, 4.69) is 20.5 Å². The van der Waals surface area contributed by atoms with E-state index in [-0.39, 0.29) is 23.3 Å². The molecule has 30 heavy (non-hydrogen) atoms. The van der Waals surface area contributed by atoms with Crippen molar-refractivity contribution in [3.05, 3.63) is 75.2 Å². The van der Waals surface area contributed by atoms with Crippen molar-refractivity contribution in [3.63, 3.8) is 0 Å². The zero-order valence-electron chi connectivity index (χ0n) is 15.7. The number of hydrogen-bond acceptors (Lipinski definition) is 4. The van der Waals surface area contributed by atoms with E-state index >= 15 is 0 Å². The van der Waals surface area contributed by atoms with Gasteiger partial charge in [-0.3, -0.25) is 9.78 Å². The first-order valence-electron chi connectivity index (χ1n) is 9.58. The molecule has 5 rings (SSSR count). The van der Waals surface area contributed by atoms with Crippen molar-refractivity contribution in [2.75, 3.05) is 5.32 Å². The molecular weight excluding hydrogens is 409 g/mol. The maximum atomic E-state index is 14.8. The summed E-state index contributed by atoms with van der Waals surface area (Å²) in [4.78, 5) is 30.2. The molecule has 2 aliphatic heterocycles. The quantitative estimate of drug-likeness (QED) is 0.651. The number of hydrogen-bond donors (Lipinski definition) is 2. The highest BCUT2D eigenvalue weighted by molar-refractivity contribution is 6.33. The summed E-state index contributed by atoms with van der Waals surface area (Å²) in [7, 11) is 0. The molecule has 2 aliphatic rings. The van der Waals surface area contributed by atoms with E-state index in [0.717, 1.165) is 24.0 Å². The molecule has 2 bridgehead atoms. The molecule has 2 N–H and O–H groups in total. The highest BCUT2D eigenvalue weighted by Gasteiger charge is 2.44. The van der Waals surface area contributed by atoms with Gasteiger partial charge < -0.3 is 10.2 Å². The maximum Gasteiger partial charge on any atom is 0.322 e. The third-order valence-electron chi connectivity index (χ3n) is 5.72. The number of fused-ring (bicyclic) bond motifs is 4. The number of nitrogens with zero attached hydrogens (tertiary/aromatic N) is 3. The van der Waals surface area contributed by atoms with E-state index < -0.39 is 11.8 Å². The largest absolute Gasteiger partial charge is 0.322 e. The van der Waals surface area contributed by atoms with Gasteiger partial charge in [-0.05, 0) is 54.7 Å². The number of amides is 2. The van der Waals surface area contributed by atoms with Crippen LogP contribution < -0.4 is 10.9 Å². The van der Waals surface area contributed by atoms with Gasteiger partial charge >= 0.3 is 6.03 Å². The van der Waals surface area contributed by atoms with Gasteiger partial charge in [0, 0.05) is 30.1 Å². The Morgan fingerprint density at radius 2 is 2.03 bits per heavy atom. The fraction of sp³-hybridized carbons (Fsp3) is 0.238. The topological polar surface area (TPSA) is 91.0 Å². The zero-order valence-corrected chi connectivity index (χ0v) is 16.5. The lowest BCUT2D eigenvalue weighted by atomic mass is 9.99. The Kier molecular flexibility index (Phi) is 4.51. The van der Waals surface area contributed by atoms with Crippen LogP contribution in [0.2, 0.25) is 5.02 Å². The third-order valence-corrected chi connectivity index (χ3v) is 6.03. The first kappa shape index (κ1) is 18.7. The molecule has 152 valence electrons. The summed E-state index contributed by atoms with van der Waals surface area (Å²) in [6, 6.07) is 7.02. The van der Waals surface area contributed by atoms with Gasteiger partial charge in [-0.2, -0.15) is 5.10 Å². The number of anilines is 1. The number of aromatic amines is 1. The van der Waals surface area contributed by atoms with Gasteiger partial charge in [0.15, 0.2) is 0 Å². The van der Waals surface area contributed by atoms with Gasteiger partial charge in [-0.1, -0.05) is 11.6 Å². The zero-order chi connectivity index (χ0) is 20.8. The average molecular weight is 426 g/mol. The number of rotatable bonds is 2. The molecule has 2 aromatic heterocycles. The van der Waals surface area contributed by atoms with Crippen molar-refractivity contribution in [1.82, 2.24) is 20.1 Å². The minimum absolute atomic E-state index is 0.0161. The Hall–Kier alpha value is -3.26. The Morgan fingerprint density at radius 1 is 1.23 bits per heavy atom. The normalized spacial score (nSPS) is 19.5. The van der Waals surface area contributed by atoms with Crippen molar-refractivity contribution >= 4 is 23.3 Å². The van der Waals surface area contributed by atoms with Gasteiger partial charge in [0.2, 0.25) is 0 Å². The number of pyridine rings is 1. The van der Waals surface area contributed by atoms with Gasteiger partial charge in [0.25, 0.3) is 5.56 Å². The van der Waals surface area contributed by atoms with Crippen LogP contribution in [-0.4, -0.2) is 32.2 Å². The maximum absolute atomic E-state index is 14.8. The molecule has 0 spiro atoms. The van der Waals surface area contributed by atoms with Crippen LogP contribution in [0.1, 0.15) is 30.1 Å². The molecule has 7 nitrogen and oxygen atoms in total. The van der Waals surface area contributed by atoms with Gasteiger partial charge in [-0.25, -0.2) is 14.3 Å². The van der Waals surface area contributed by atoms with Gasteiger partial charge in [-0.15, -0.1) is 0 Å². The molecule has 0 aliphatic carbocycles. The van der Waals surface area contributed by atoms with Crippen LogP contribution in [-0.2, 0) is 6.42 Å². The second-order valence-corrected chi connectivity index (χ2v) is 7.89. The molecule has 2 amide bonds. The molecule has 0 unspecified atom stereocenters. The number of benzene rings is 1. The lowest BCUT2D eigenvalue weighted by Gasteiger charge is -2.35. The fourth-order valence-electron chi connectivity index (χ4n) is 4.39. The highest BCUT2D eigenvalue weighted by Crippen LogP contribution is 2.42. The molecule has 2 atom stereocenters. The second-order valence-electron chi connectivity index (χ2n) is 7.48. The number of nitrogens with one attached hydrogen (secondary N) is 2. The first-order valence-corrected chi connectivity index (χ1v) is 9.96. The predicted octanol–water partition coefficient (Wildman–Crippen LogP) is 3.92. The average Bonchev–Trinajstić information content (AvgIpc) is 3.06. The van der Waals surface area contributed by atoms with Crippen LogP contribution in [0.25, 0.3) is 11.1 Å². The van der Waals surface area contributed by atoms with Gasteiger partial charge in [0.05, 0.1) is 22.4 Å². The summed E-state index contributed by atoms with van der Waals surface area (Å²) in [5.74, 6) is -0.577. The second kappa shape index (κ2) is 7.21. The number of halogens is 2. The van der Waals surface area contributed by atoms with E-state index in [1.54, 1.807) is 35.5 Å². The Bertz CT molecular complexity index is 1200. The minimum Gasteiger partial charge on any atom is -0.313 e. The number of carbonyl (C=O) groups excluding carboxylic acids is 1. The Labute approximate surface area is 175 Å². The van der Waals surface area contributed by atoms with Gasteiger partial charge in [0.1, 0.15) is 5.82 Å². The molecule has 3 aromatic rings. The minimum atomic E-state index is -0.577. The predicted molar refractivity (Wildman–Crippen MR) is 110 cm³/mol. The Morgan fingerprint density at radius 3 is 2.83 bits per heavy atom. The van der Waals surface area contributed by atoms with E-state index in [9.17, 15) is 14.0 Å². The highest BCUT2D eigenvalue weighted by atomic mass is 35.5. The standard InChI is InChI=1S/C21H17ClFN5O2/c22-15-10-17(16(23)9-14(15)11-3-5-24-6-4-11)25-21(30)28-13-1-2-18(28)20-12(7-13)8-19(29)26-27-20/h3-6,8-10,13,18H,1-2,7H2,(H,25,30)(H,26,29)/t13-,18+/m0/s1. The molecule has 1 aromatic carbocycles. The summed E-state index contributed by atoms with van der Waals surface area (Å²) in [6.07, 6.45) is 5.30. The third kappa shape index (κ3) is 3.13. The summed E-state index contributed by atoms with van der Waals surface area (Å²) < 4.78 is 14.8. The van der Waals surface area contributed by atoms with Crippen LogP contribution >= 0.6 is 11.6 Å². The smallest absolute Gasteiger partial charge is 0.313 e. The van der Waals surface area contributed by atoms with Crippen molar-refractivity contribution in [3.8, 4) is 11.1 Å². The summed E-state index contributed by atoms with van der Waals surface area (Å²) >= 11 is 6.36. The monoisotopic (exact) mass is 425 g/mol. The number of carbonyl (C=O) groups is 1. The van der Waals surface area contributed by atoms with Crippen LogP contribution in [0, 0.1) is 5.82 Å². The van der Waals surface area contributed by atoms with Crippen molar-refractivity contribution in [2.45, 2.75) is 31.3 Å². The summed E-state index contributed by atoms with van der Waals surface area (Å²) in [5.41, 5.74) is 2.59. The SMILES string of the molecule is O=C(Nc1cc(Cl)c(-c2ccncc2)cc1F)N1[C@H]2CC[C@@H]1c1n[nH]c(=O)cc1C2. The van der Waals surface area contributed by atoms with Crippen LogP contribution in [0.5, 0.6) is 0 Å². The molecule has 9 heteroatoms. The number of urea groups is 1. The molecular formula is C21H17ClFN5O2. The van der Waals surface area contributed by atoms with Crippen LogP contribution in [0.3, 0.4) is 0 Å².